The fraction of sp³-hybridized carbons (Fsp3) is 0.529. The summed E-state index contributed by atoms with van der Waals surface area (Å²) in [7, 11) is 1.60. The molecule has 0 aliphatic rings. The Hall–Kier alpha value is -1.88. The van der Waals surface area contributed by atoms with Crippen LogP contribution < -0.4 is 11.1 Å². The molecular formula is C17H27N3O2. The summed E-state index contributed by atoms with van der Waals surface area (Å²) in [5, 5.41) is 2.87. The molecule has 0 heterocycles. The largest absolute Gasteiger partial charge is 0.335 e. The minimum Gasteiger partial charge on any atom is -0.335 e. The average molecular weight is 305 g/mol. The van der Waals surface area contributed by atoms with Gasteiger partial charge in [0, 0.05) is 12.7 Å². The molecule has 0 saturated heterocycles. The first-order chi connectivity index (χ1) is 10.2. The number of hydrogen-bond donors (Lipinski definition) is 2. The maximum atomic E-state index is 12.1. The summed E-state index contributed by atoms with van der Waals surface area (Å²) in [4.78, 5) is 25.6. The van der Waals surface area contributed by atoms with Gasteiger partial charge in [0.2, 0.25) is 11.8 Å². The smallest absolute Gasteiger partial charge is 0.243 e. The molecule has 0 fully saturated rings. The van der Waals surface area contributed by atoms with Gasteiger partial charge in [-0.1, -0.05) is 32.0 Å². The Bertz CT molecular complexity index is 520. The third-order valence-corrected chi connectivity index (χ3v) is 3.55. The molecule has 0 spiro atoms. The number of likely N-dealkylation sites (N-methyl/N-ethyl adjacent to an activating group) is 1. The zero-order valence-electron chi connectivity index (χ0n) is 14.1. The first kappa shape index (κ1) is 18.2. The first-order valence-corrected chi connectivity index (χ1v) is 7.59. The van der Waals surface area contributed by atoms with Crippen molar-refractivity contribution in [1.29, 1.82) is 0 Å². The monoisotopic (exact) mass is 305 g/mol. The highest BCUT2D eigenvalue weighted by Crippen LogP contribution is 2.19. The quantitative estimate of drug-likeness (QED) is 0.845. The van der Waals surface area contributed by atoms with Crippen LogP contribution in [0, 0.1) is 19.8 Å². The Morgan fingerprint density at radius 1 is 1.23 bits per heavy atom. The minimum absolute atomic E-state index is 0.00158. The van der Waals surface area contributed by atoms with Crippen LogP contribution in [0.4, 0.5) is 5.69 Å². The van der Waals surface area contributed by atoms with E-state index >= 15 is 0 Å². The molecule has 5 nitrogen and oxygen atoms in total. The van der Waals surface area contributed by atoms with E-state index in [0.717, 1.165) is 16.8 Å². The lowest BCUT2D eigenvalue weighted by atomic mass is 10.0. The molecule has 0 bridgehead atoms. The molecule has 0 saturated carbocycles. The van der Waals surface area contributed by atoms with Crippen molar-refractivity contribution >= 4 is 17.5 Å². The van der Waals surface area contributed by atoms with Gasteiger partial charge in [0.1, 0.15) is 0 Å². The third kappa shape index (κ3) is 5.15. The molecule has 0 unspecified atom stereocenters. The molecule has 1 rings (SSSR count). The molecule has 0 aliphatic heterocycles. The highest BCUT2D eigenvalue weighted by Gasteiger charge is 2.21. The van der Waals surface area contributed by atoms with E-state index in [1.165, 1.54) is 4.90 Å². The van der Waals surface area contributed by atoms with Crippen molar-refractivity contribution < 1.29 is 9.59 Å². The SMILES string of the molecule is Cc1cccc(C)c1NC(=O)CN(C)C(=O)[C@@H](N)CC(C)C. The number of nitrogens with one attached hydrogen (secondary N) is 1. The third-order valence-electron chi connectivity index (χ3n) is 3.55. The first-order valence-electron chi connectivity index (χ1n) is 7.59. The zero-order valence-corrected chi connectivity index (χ0v) is 14.1. The van der Waals surface area contributed by atoms with Crippen molar-refractivity contribution in [2.24, 2.45) is 11.7 Å². The Labute approximate surface area is 132 Å². The van der Waals surface area contributed by atoms with E-state index in [1.54, 1.807) is 7.05 Å². The highest BCUT2D eigenvalue weighted by atomic mass is 16.2. The van der Waals surface area contributed by atoms with Crippen LogP contribution in [0.25, 0.3) is 0 Å². The number of hydrogen-bond acceptors (Lipinski definition) is 3. The fourth-order valence-corrected chi connectivity index (χ4v) is 2.38. The van der Waals surface area contributed by atoms with Crippen LogP contribution in [0.5, 0.6) is 0 Å². The van der Waals surface area contributed by atoms with Gasteiger partial charge in [-0.2, -0.15) is 0 Å². The molecule has 22 heavy (non-hydrogen) atoms. The van der Waals surface area contributed by atoms with Crippen LogP contribution in [0.2, 0.25) is 0 Å². The molecule has 122 valence electrons. The number of anilines is 1. The molecule has 1 atom stereocenters. The molecule has 1 aromatic rings. The van der Waals surface area contributed by atoms with Crippen molar-refractivity contribution in [2.45, 2.75) is 40.2 Å². The summed E-state index contributed by atoms with van der Waals surface area (Å²) < 4.78 is 0. The Balaban J connectivity index is 2.63. The number of aryl methyl sites for hydroxylation is 2. The van der Waals surface area contributed by atoms with Gasteiger partial charge in [-0.25, -0.2) is 0 Å². The van der Waals surface area contributed by atoms with E-state index in [4.69, 9.17) is 5.73 Å². The number of amides is 2. The van der Waals surface area contributed by atoms with Gasteiger partial charge in [-0.15, -0.1) is 0 Å². The Kier molecular flexibility index (Phi) is 6.56. The van der Waals surface area contributed by atoms with Gasteiger partial charge < -0.3 is 16.0 Å². The van der Waals surface area contributed by atoms with Crippen molar-refractivity contribution in [3.05, 3.63) is 29.3 Å². The zero-order chi connectivity index (χ0) is 16.9. The summed E-state index contributed by atoms with van der Waals surface area (Å²) in [6.45, 7) is 7.91. The lowest BCUT2D eigenvalue weighted by molar-refractivity contribution is -0.134. The number of carbonyl (C=O) groups excluding carboxylic acids is 2. The van der Waals surface area contributed by atoms with Gasteiger partial charge in [-0.3, -0.25) is 9.59 Å². The summed E-state index contributed by atoms with van der Waals surface area (Å²) >= 11 is 0. The normalized spacial score (nSPS) is 12.1. The second kappa shape index (κ2) is 7.94. The number of nitrogens with zero attached hydrogens (tertiary/aromatic N) is 1. The fourth-order valence-electron chi connectivity index (χ4n) is 2.38. The Morgan fingerprint density at radius 3 is 2.27 bits per heavy atom. The van der Waals surface area contributed by atoms with E-state index in [1.807, 2.05) is 45.9 Å². The van der Waals surface area contributed by atoms with Crippen molar-refractivity contribution in [1.82, 2.24) is 4.90 Å². The Morgan fingerprint density at radius 2 is 1.77 bits per heavy atom. The second-order valence-corrected chi connectivity index (χ2v) is 6.25. The predicted octanol–water partition coefficient (Wildman–Crippen LogP) is 2.07. The number of rotatable bonds is 6. The molecular weight excluding hydrogens is 278 g/mol. The summed E-state index contributed by atoms with van der Waals surface area (Å²) in [5.74, 6) is -0.0776. The standard InChI is InChI=1S/C17H27N3O2/c1-11(2)9-14(18)17(22)20(5)10-15(21)19-16-12(3)7-6-8-13(16)4/h6-8,11,14H,9-10,18H2,1-5H3,(H,19,21)/t14-/m0/s1. The topological polar surface area (TPSA) is 75.4 Å². The van der Waals surface area contributed by atoms with Gasteiger partial charge in [-0.05, 0) is 37.3 Å². The minimum atomic E-state index is -0.557. The van der Waals surface area contributed by atoms with E-state index < -0.39 is 6.04 Å². The average Bonchev–Trinajstić information content (AvgIpc) is 2.41. The lowest BCUT2D eigenvalue weighted by Gasteiger charge is -2.22. The summed E-state index contributed by atoms with van der Waals surface area (Å²) in [6.07, 6.45) is 0.613. The van der Waals surface area contributed by atoms with Crippen molar-refractivity contribution in [3.63, 3.8) is 0 Å². The number of benzene rings is 1. The van der Waals surface area contributed by atoms with Crippen LogP contribution in [0.15, 0.2) is 18.2 Å². The number of nitrogens with two attached hydrogens (primary N) is 1. The summed E-state index contributed by atoms with van der Waals surface area (Å²) in [5.41, 5.74) is 8.68. The molecule has 0 aromatic heterocycles. The predicted molar refractivity (Wildman–Crippen MR) is 89.6 cm³/mol. The van der Waals surface area contributed by atoms with E-state index in [-0.39, 0.29) is 18.4 Å². The van der Waals surface area contributed by atoms with Gasteiger partial charge in [0.15, 0.2) is 0 Å². The van der Waals surface area contributed by atoms with E-state index in [2.05, 4.69) is 5.32 Å². The molecule has 5 heteroatoms. The van der Waals surface area contributed by atoms with Crippen molar-refractivity contribution in [3.8, 4) is 0 Å². The molecule has 0 radical (unpaired) electrons. The van der Waals surface area contributed by atoms with Gasteiger partial charge in [0.25, 0.3) is 0 Å². The molecule has 2 amide bonds. The molecule has 0 aliphatic carbocycles. The number of para-hydroxylation sites is 1. The molecule has 3 N–H and O–H groups in total. The summed E-state index contributed by atoms with van der Waals surface area (Å²) in [6, 6.07) is 5.27. The van der Waals surface area contributed by atoms with Crippen LogP contribution >= 0.6 is 0 Å². The highest BCUT2D eigenvalue weighted by molar-refractivity contribution is 5.96. The van der Waals surface area contributed by atoms with Crippen LogP contribution in [-0.2, 0) is 9.59 Å². The molecule has 1 aromatic carbocycles. The van der Waals surface area contributed by atoms with Crippen LogP contribution in [0.1, 0.15) is 31.4 Å². The maximum absolute atomic E-state index is 12.1. The number of carbonyl (C=O) groups is 2. The second-order valence-electron chi connectivity index (χ2n) is 6.25. The van der Waals surface area contributed by atoms with Gasteiger partial charge in [0.05, 0.1) is 12.6 Å². The van der Waals surface area contributed by atoms with E-state index in [9.17, 15) is 9.59 Å². The van der Waals surface area contributed by atoms with E-state index in [0.29, 0.717) is 12.3 Å². The maximum Gasteiger partial charge on any atom is 0.243 e. The van der Waals surface area contributed by atoms with Gasteiger partial charge >= 0.3 is 0 Å². The van der Waals surface area contributed by atoms with Crippen molar-refractivity contribution in [2.75, 3.05) is 18.9 Å². The lowest BCUT2D eigenvalue weighted by Crippen LogP contribution is -2.45. The van der Waals surface area contributed by atoms with Crippen LogP contribution in [0.3, 0.4) is 0 Å². The van der Waals surface area contributed by atoms with Crippen LogP contribution in [-0.4, -0.2) is 36.3 Å².